The Kier molecular flexibility index (Phi) is 3.87. The fourth-order valence-corrected chi connectivity index (χ4v) is 3.38. The topological polar surface area (TPSA) is 76.4 Å². The van der Waals surface area contributed by atoms with Gasteiger partial charge in [0.25, 0.3) is 5.91 Å². The number of aryl methyl sites for hydroxylation is 1. The molecule has 0 unspecified atom stereocenters. The number of amides is 1. The van der Waals surface area contributed by atoms with E-state index in [-0.39, 0.29) is 18.1 Å². The summed E-state index contributed by atoms with van der Waals surface area (Å²) < 4.78 is 20.6. The largest absolute Gasteiger partial charge is 0.363 e. The van der Waals surface area contributed by atoms with Crippen LogP contribution in [-0.4, -0.2) is 57.5 Å². The van der Waals surface area contributed by atoms with Crippen LogP contribution in [0, 0.1) is 5.82 Å². The SMILES string of the molecule is Cn1cc(N2CC3(CCN(c4ncc(F)cn4)CC3)OCC2=O)cn1. The molecule has 2 saturated heterocycles. The number of hydrogen-bond donors (Lipinski definition) is 0. The molecule has 9 heteroatoms. The summed E-state index contributed by atoms with van der Waals surface area (Å²) in [4.78, 5) is 24.1. The Morgan fingerprint density at radius 3 is 2.56 bits per heavy atom. The molecule has 0 saturated carbocycles. The lowest BCUT2D eigenvalue weighted by molar-refractivity contribution is -0.141. The molecule has 1 amide bonds. The minimum Gasteiger partial charge on any atom is -0.363 e. The number of halogens is 1. The summed E-state index contributed by atoms with van der Waals surface area (Å²) in [5, 5.41) is 4.15. The Hall–Kier alpha value is -2.55. The third-order valence-electron chi connectivity index (χ3n) is 4.82. The highest BCUT2D eigenvalue weighted by Crippen LogP contribution is 2.33. The van der Waals surface area contributed by atoms with E-state index in [0.717, 1.165) is 18.5 Å². The highest BCUT2D eigenvalue weighted by Gasteiger charge is 2.43. The molecule has 2 fully saturated rings. The van der Waals surface area contributed by atoms with Crippen molar-refractivity contribution in [3.8, 4) is 0 Å². The number of rotatable bonds is 2. The fraction of sp³-hybridized carbons (Fsp3) is 0.500. The van der Waals surface area contributed by atoms with E-state index in [4.69, 9.17) is 4.74 Å². The second-order valence-corrected chi connectivity index (χ2v) is 6.51. The van der Waals surface area contributed by atoms with Crippen LogP contribution in [0.4, 0.5) is 16.0 Å². The van der Waals surface area contributed by atoms with Crippen molar-refractivity contribution < 1.29 is 13.9 Å². The third-order valence-corrected chi connectivity index (χ3v) is 4.82. The normalized spacial score (nSPS) is 20.3. The van der Waals surface area contributed by atoms with Crippen LogP contribution in [0.3, 0.4) is 0 Å². The number of ether oxygens (including phenoxy) is 1. The Balaban J connectivity index is 1.46. The minimum atomic E-state index is -0.446. The van der Waals surface area contributed by atoms with Crippen molar-refractivity contribution >= 4 is 17.5 Å². The first-order valence-electron chi connectivity index (χ1n) is 8.20. The van der Waals surface area contributed by atoms with E-state index in [1.807, 2.05) is 18.1 Å². The fourth-order valence-electron chi connectivity index (χ4n) is 3.38. The standard InChI is InChI=1S/C16H19FN6O2/c1-21-9-13(8-20-21)23-11-16(25-10-14(23)24)2-4-22(5-3-16)15-18-6-12(17)7-19-15/h6-9H,2-5,10-11H2,1H3. The van der Waals surface area contributed by atoms with E-state index in [0.29, 0.717) is 25.6 Å². The number of hydrogen-bond acceptors (Lipinski definition) is 6. The second kappa shape index (κ2) is 6.07. The van der Waals surface area contributed by atoms with Crippen molar-refractivity contribution in [2.75, 3.05) is 36.0 Å². The monoisotopic (exact) mass is 346 g/mol. The summed E-state index contributed by atoms with van der Waals surface area (Å²) >= 11 is 0. The molecule has 1 spiro atoms. The second-order valence-electron chi connectivity index (χ2n) is 6.51. The van der Waals surface area contributed by atoms with Crippen LogP contribution in [0.25, 0.3) is 0 Å². The van der Waals surface area contributed by atoms with Gasteiger partial charge >= 0.3 is 0 Å². The van der Waals surface area contributed by atoms with Gasteiger partial charge < -0.3 is 14.5 Å². The molecule has 2 aliphatic rings. The Bertz CT molecular complexity index is 769. The highest BCUT2D eigenvalue weighted by atomic mass is 19.1. The van der Waals surface area contributed by atoms with Gasteiger partial charge in [-0.15, -0.1) is 0 Å². The number of carbonyl (C=O) groups excluding carboxylic acids is 1. The van der Waals surface area contributed by atoms with E-state index in [1.54, 1.807) is 15.8 Å². The number of piperidine rings is 1. The van der Waals surface area contributed by atoms with Gasteiger partial charge in [-0.2, -0.15) is 5.10 Å². The number of nitrogens with zero attached hydrogens (tertiary/aromatic N) is 6. The quantitative estimate of drug-likeness (QED) is 0.799. The first kappa shape index (κ1) is 15.9. The summed E-state index contributed by atoms with van der Waals surface area (Å²) in [7, 11) is 1.82. The number of aromatic nitrogens is 4. The average molecular weight is 346 g/mol. The first-order valence-corrected chi connectivity index (χ1v) is 8.20. The van der Waals surface area contributed by atoms with Gasteiger partial charge in [0, 0.05) is 26.3 Å². The summed E-state index contributed by atoms with van der Waals surface area (Å²) in [6.45, 7) is 1.97. The highest BCUT2D eigenvalue weighted by molar-refractivity contribution is 5.94. The molecule has 0 aromatic carbocycles. The predicted octanol–water partition coefficient (Wildman–Crippen LogP) is 0.752. The number of morpholine rings is 1. The van der Waals surface area contributed by atoms with Crippen LogP contribution in [-0.2, 0) is 16.6 Å². The van der Waals surface area contributed by atoms with Crippen LogP contribution in [0.2, 0.25) is 0 Å². The van der Waals surface area contributed by atoms with E-state index in [2.05, 4.69) is 15.1 Å². The molecule has 4 heterocycles. The van der Waals surface area contributed by atoms with E-state index in [9.17, 15) is 9.18 Å². The van der Waals surface area contributed by atoms with Crippen LogP contribution in [0.15, 0.2) is 24.8 Å². The summed E-state index contributed by atoms with van der Waals surface area (Å²) in [6.07, 6.45) is 7.37. The zero-order valence-electron chi connectivity index (χ0n) is 13.9. The molecule has 0 aliphatic carbocycles. The van der Waals surface area contributed by atoms with Crippen molar-refractivity contribution in [3.05, 3.63) is 30.6 Å². The Morgan fingerprint density at radius 1 is 1.20 bits per heavy atom. The van der Waals surface area contributed by atoms with Gasteiger partial charge in [-0.1, -0.05) is 0 Å². The van der Waals surface area contributed by atoms with E-state index in [1.165, 1.54) is 12.4 Å². The van der Waals surface area contributed by atoms with Gasteiger partial charge in [-0.3, -0.25) is 9.48 Å². The summed E-state index contributed by atoms with van der Waals surface area (Å²) in [5.74, 6) is 0.0219. The molecule has 25 heavy (non-hydrogen) atoms. The molecule has 132 valence electrons. The third kappa shape index (κ3) is 3.07. The molecule has 4 rings (SSSR count). The molecule has 2 aromatic rings. The first-order chi connectivity index (χ1) is 12.0. The lowest BCUT2D eigenvalue weighted by Crippen LogP contribution is -2.59. The van der Waals surface area contributed by atoms with Crippen molar-refractivity contribution in [1.82, 2.24) is 19.7 Å². The number of carbonyl (C=O) groups is 1. The molecule has 2 aromatic heterocycles. The van der Waals surface area contributed by atoms with Gasteiger partial charge in [0.05, 0.1) is 36.4 Å². The van der Waals surface area contributed by atoms with E-state index < -0.39 is 5.82 Å². The van der Waals surface area contributed by atoms with Crippen molar-refractivity contribution in [1.29, 1.82) is 0 Å². The summed E-state index contributed by atoms with van der Waals surface area (Å²) in [6, 6.07) is 0. The molecule has 0 atom stereocenters. The van der Waals surface area contributed by atoms with Gasteiger partial charge in [-0.25, -0.2) is 14.4 Å². The van der Waals surface area contributed by atoms with Crippen LogP contribution < -0.4 is 9.80 Å². The molecular weight excluding hydrogens is 327 g/mol. The maximum atomic E-state index is 13.0. The van der Waals surface area contributed by atoms with Gasteiger partial charge in [0.1, 0.15) is 6.61 Å². The smallest absolute Gasteiger partial charge is 0.253 e. The zero-order valence-corrected chi connectivity index (χ0v) is 13.9. The lowest BCUT2D eigenvalue weighted by atomic mass is 9.89. The van der Waals surface area contributed by atoms with Gasteiger partial charge in [0.2, 0.25) is 5.95 Å². The molecule has 0 N–H and O–H groups in total. The summed E-state index contributed by atoms with van der Waals surface area (Å²) in [5.41, 5.74) is 0.416. The molecule has 2 aliphatic heterocycles. The maximum Gasteiger partial charge on any atom is 0.253 e. The van der Waals surface area contributed by atoms with E-state index >= 15 is 0 Å². The van der Waals surface area contributed by atoms with Gasteiger partial charge in [0.15, 0.2) is 5.82 Å². The Labute approximate surface area is 144 Å². The van der Waals surface area contributed by atoms with Crippen LogP contribution in [0.1, 0.15) is 12.8 Å². The van der Waals surface area contributed by atoms with Crippen LogP contribution >= 0.6 is 0 Å². The molecular formula is C16H19FN6O2. The lowest BCUT2D eigenvalue weighted by Gasteiger charge is -2.46. The average Bonchev–Trinajstić information content (AvgIpc) is 3.05. The van der Waals surface area contributed by atoms with Crippen LogP contribution in [0.5, 0.6) is 0 Å². The van der Waals surface area contributed by atoms with Crippen molar-refractivity contribution in [3.63, 3.8) is 0 Å². The van der Waals surface area contributed by atoms with Gasteiger partial charge in [-0.05, 0) is 12.8 Å². The minimum absolute atomic E-state index is 0.0528. The Morgan fingerprint density at radius 2 is 1.92 bits per heavy atom. The molecule has 0 radical (unpaired) electrons. The molecule has 0 bridgehead atoms. The predicted molar refractivity (Wildman–Crippen MR) is 87.7 cm³/mol. The van der Waals surface area contributed by atoms with Crippen molar-refractivity contribution in [2.24, 2.45) is 7.05 Å². The number of anilines is 2. The van der Waals surface area contributed by atoms with Crippen molar-refractivity contribution in [2.45, 2.75) is 18.4 Å². The zero-order chi connectivity index (χ0) is 17.4. The maximum absolute atomic E-state index is 13.0. The molecule has 8 nitrogen and oxygen atoms in total.